The number of fused-ring (bicyclic) bond motifs is 1. The molecule has 2 heterocycles. The number of ether oxygens (including phenoxy) is 2. The number of ketones is 1. The summed E-state index contributed by atoms with van der Waals surface area (Å²) in [7, 11) is 2.47. The highest BCUT2D eigenvalue weighted by Gasteiger charge is 2.22. The van der Waals surface area contributed by atoms with Crippen molar-refractivity contribution in [2.45, 2.75) is 13.1 Å². The Morgan fingerprint density at radius 2 is 1.53 bits per heavy atom. The molecule has 2 aromatic carbocycles. The van der Waals surface area contributed by atoms with E-state index in [4.69, 9.17) is 4.74 Å². The standard InChI is InChI=1S/C25H22N4O5/c1-33-20(13-19(30)25(32)34-2)22-27-21-23(29(22)15-18-11-7-4-8-12-18)26-16-28(24(21)31)14-17-9-5-3-6-10-17/h3-13,16H,14-15H2,1-2H3/b20-13-. The minimum atomic E-state index is -1.04. The van der Waals surface area contributed by atoms with Crippen LogP contribution in [0.25, 0.3) is 16.9 Å². The number of imidazole rings is 1. The predicted molar refractivity (Wildman–Crippen MR) is 125 cm³/mol. The van der Waals surface area contributed by atoms with Gasteiger partial charge in [0.2, 0.25) is 0 Å². The third-order valence-electron chi connectivity index (χ3n) is 5.19. The van der Waals surface area contributed by atoms with Gasteiger partial charge in [0.1, 0.15) is 6.33 Å². The number of nitrogens with zero attached hydrogens (tertiary/aromatic N) is 4. The van der Waals surface area contributed by atoms with Gasteiger partial charge in [-0.25, -0.2) is 14.8 Å². The van der Waals surface area contributed by atoms with Crippen LogP contribution in [0.4, 0.5) is 0 Å². The van der Waals surface area contributed by atoms with Crippen molar-refractivity contribution in [3.63, 3.8) is 0 Å². The Balaban J connectivity index is 1.87. The molecule has 4 rings (SSSR count). The molecule has 4 aromatic rings. The number of hydrogen-bond acceptors (Lipinski definition) is 7. The van der Waals surface area contributed by atoms with Crippen molar-refractivity contribution in [3.8, 4) is 0 Å². The highest BCUT2D eigenvalue weighted by molar-refractivity contribution is 6.39. The molecule has 0 fully saturated rings. The van der Waals surface area contributed by atoms with Crippen LogP contribution in [-0.2, 0) is 32.2 Å². The molecular weight excluding hydrogens is 436 g/mol. The lowest BCUT2D eigenvalue weighted by Crippen LogP contribution is -2.21. The SMILES string of the molecule is COC(=O)C(=O)/C=C(\OC)c1nc2c(=O)n(Cc3ccccc3)cnc2n1Cc1ccccc1. The van der Waals surface area contributed by atoms with Crippen LogP contribution in [0, 0.1) is 0 Å². The second kappa shape index (κ2) is 9.95. The van der Waals surface area contributed by atoms with Crippen molar-refractivity contribution in [1.29, 1.82) is 0 Å². The number of benzene rings is 2. The molecule has 2 aromatic heterocycles. The van der Waals surface area contributed by atoms with E-state index < -0.39 is 11.8 Å². The van der Waals surface area contributed by atoms with Gasteiger partial charge in [-0.3, -0.25) is 14.2 Å². The third-order valence-corrected chi connectivity index (χ3v) is 5.19. The molecule has 9 nitrogen and oxygen atoms in total. The summed E-state index contributed by atoms with van der Waals surface area (Å²) in [6.45, 7) is 0.645. The highest BCUT2D eigenvalue weighted by atomic mass is 16.5. The molecule has 0 saturated carbocycles. The lowest BCUT2D eigenvalue weighted by atomic mass is 10.2. The summed E-state index contributed by atoms with van der Waals surface area (Å²) >= 11 is 0. The summed E-state index contributed by atoms with van der Waals surface area (Å²) in [5, 5.41) is 0. The average Bonchev–Trinajstić information content (AvgIpc) is 3.23. The number of carbonyl (C=O) groups is 2. The zero-order valence-corrected chi connectivity index (χ0v) is 18.7. The first kappa shape index (κ1) is 22.7. The fraction of sp³-hybridized carbons (Fsp3) is 0.160. The minimum Gasteiger partial charge on any atom is -0.493 e. The Kier molecular flexibility index (Phi) is 6.63. The molecule has 0 bridgehead atoms. The highest BCUT2D eigenvalue weighted by Crippen LogP contribution is 2.21. The second-order valence-electron chi connectivity index (χ2n) is 7.41. The average molecular weight is 458 g/mol. The number of esters is 1. The first-order chi connectivity index (χ1) is 16.5. The van der Waals surface area contributed by atoms with Gasteiger partial charge in [0.05, 0.1) is 27.3 Å². The monoisotopic (exact) mass is 458 g/mol. The molecular formula is C25H22N4O5. The van der Waals surface area contributed by atoms with E-state index in [2.05, 4.69) is 14.7 Å². The Morgan fingerprint density at radius 3 is 2.12 bits per heavy atom. The van der Waals surface area contributed by atoms with Crippen LogP contribution in [-0.4, -0.2) is 45.1 Å². The Morgan fingerprint density at radius 1 is 0.912 bits per heavy atom. The maximum Gasteiger partial charge on any atom is 0.378 e. The fourth-order valence-electron chi connectivity index (χ4n) is 3.52. The van der Waals surface area contributed by atoms with Crippen LogP contribution in [0.1, 0.15) is 17.0 Å². The van der Waals surface area contributed by atoms with E-state index in [1.54, 1.807) is 4.57 Å². The van der Waals surface area contributed by atoms with E-state index >= 15 is 0 Å². The van der Waals surface area contributed by atoms with Crippen molar-refractivity contribution >= 4 is 28.7 Å². The smallest absolute Gasteiger partial charge is 0.378 e. The van der Waals surface area contributed by atoms with Crippen LogP contribution in [0.15, 0.2) is 77.9 Å². The van der Waals surface area contributed by atoms with Crippen molar-refractivity contribution in [2.75, 3.05) is 14.2 Å². The largest absolute Gasteiger partial charge is 0.493 e. The maximum atomic E-state index is 13.3. The van der Waals surface area contributed by atoms with Crippen molar-refractivity contribution in [1.82, 2.24) is 19.1 Å². The number of hydrogen-bond donors (Lipinski definition) is 0. The summed E-state index contributed by atoms with van der Waals surface area (Å²) in [6, 6.07) is 19.0. The summed E-state index contributed by atoms with van der Waals surface area (Å²) in [5.74, 6) is -1.74. The van der Waals surface area contributed by atoms with E-state index in [0.29, 0.717) is 18.7 Å². The molecule has 0 aliphatic heterocycles. The van der Waals surface area contributed by atoms with Gasteiger partial charge in [-0.2, -0.15) is 0 Å². The zero-order chi connectivity index (χ0) is 24.1. The van der Waals surface area contributed by atoms with Crippen LogP contribution in [0.5, 0.6) is 0 Å². The van der Waals surface area contributed by atoms with Gasteiger partial charge in [-0.15, -0.1) is 0 Å². The molecule has 34 heavy (non-hydrogen) atoms. The fourth-order valence-corrected chi connectivity index (χ4v) is 3.52. The lowest BCUT2D eigenvalue weighted by molar-refractivity contribution is -0.149. The van der Waals surface area contributed by atoms with Crippen LogP contribution in [0.3, 0.4) is 0 Å². The Bertz CT molecular complexity index is 1420. The first-order valence-electron chi connectivity index (χ1n) is 10.4. The van der Waals surface area contributed by atoms with E-state index in [1.165, 1.54) is 18.0 Å². The zero-order valence-electron chi connectivity index (χ0n) is 18.7. The molecule has 0 aliphatic rings. The van der Waals surface area contributed by atoms with E-state index in [0.717, 1.165) is 24.3 Å². The predicted octanol–water partition coefficient (Wildman–Crippen LogP) is 2.42. The minimum absolute atomic E-state index is 0.0124. The number of methoxy groups -OCH3 is 2. The summed E-state index contributed by atoms with van der Waals surface area (Å²) in [4.78, 5) is 46.1. The Hall–Kier alpha value is -4.53. The number of carbonyl (C=O) groups excluding carboxylic acids is 2. The van der Waals surface area contributed by atoms with E-state index in [9.17, 15) is 14.4 Å². The molecule has 0 aliphatic carbocycles. The molecule has 0 unspecified atom stereocenters. The van der Waals surface area contributed by atoms with Gasteiger partial charge in [0, 0.05) is 6.08 Å². The summed E-state index contributed by atoms with van der Waals surface area (Å²) in [5.41, 5.74) is 1.99. The molecule has 0 radical (unpaired) electrons. The van der Waals surface area contributed by atoms with E-state index in [-0.39, 0.29) is 22.7 Å². The molecule has 0 amide bonds. The van der Waals surface area contributed by atoms with Crippen LogP contribution in [0.2, 0.25) is 0 Å². The van der Waals surface area contributed by atoms with Gasteiger partial charge in [0.15, 0.2) is 22.7 Å². The molecule has 9 heteroatoms. The molecule has 0 N–H and O–H groups in total. The summed E-state index contributed by atoms with van der Waals surface area (Å²) in [6.07, 6.45) is 2.47. The Labute approximate surface area is 194 Å². The second-order valence-corrected chi connectivity index (χ2v) is 7.41. The molecule has 172 valence electrons. The van der Waals surface area contributed by atoms with Gasteiger partial charge < -0.3 is 14.0 Å². The van der Waals surface area contributed by atoms with Crippen molar-refractivity contribution < 1.29 is 19.1 Å². The number of aromatic nitrogens is 4. The first-order valence-corrected chi connectivity index (χ1v) is 10.4. The molecule has 0 saturated heterocycles. The van der Waals surface area contributed by atoms with Gasteiger partial charge in [-0.05, 0) is 11.1 Å². The van der Waals surface area contributed by atoms with E-state index in [1.807, 2.05) is 60.7 Å². The lowest BCUT2D eigenvalue weighted by Gasteiger charge is -2.11. The quantitative estimate of drug-likeness (QED) is 0.173. The van der Waals surface area contributed by atoms with Crippen LogP contribution >= 0.6 is 0 Å². The van der Waals surface area contributed by atoms with Gasteiger partial charge >= 0.3 is 5.97 Å². The van der Waals surface area contributed by atoms with Crippen LogP contribution < -0.4 is 5.56 Å². The van der Waals surface area contributed by atoms with Crippen molar-refractivity contribution in [2.24, 2.45) is 0 Å². The third kappa shape index (κ3) is 4.63. The van der Waals surface area contributed by atoms with Gasteiger partial charge in [0.25, 0.3) is 11.3 Å². The van der Waals surface area contributed by atoms with Crippen molar-refractivity contribution in [3.05, 3.63) is 100 Å². The number of rotatable bonds is 8. The maximum absolute atomic E-state index is 13.3. The molecule has 0 spiro atoms. The molecule has 0 atom stereocenters. The topological polar surface area (TPSA) is 105 Å². The van der Waals surface area contributed by atoms with Gasteiger partial charge in [-0.1, -0.05) is 60.7 Å². The normalized spacial score (nSPS) is 11.4. The summed E-state index contributed by atoms with van der Waals surface area (Å²) < 4.78 is 13.0.